The van der Waals surface area contributed by atoms with E-state index in [0.717, 1.165) is 5.56 Å². The van der Waals surface area contributed by atoms with Crippen LogP contribution in [0.5, 0.6) is 11.5 Å². The van der Waals surface area contributed by atoms with Gasteiger partial charge in [0.15, 0.2) is 11.5 Å². The Morgan fingerprint density at radius 3 is 2.65 bits per heavy atom. The number of hydrogen-bond acceptors (Lipinski definition) is 4. The zero-order valence-corrected chi connectivity index (χ0v) is 15.3. The summed E-state index contributed by atoms with van der Waals surface area (Å²) in [6.07, 6.45) is 1.47. The highest BCUT2D eigenvalue weighted by atomic mass is 35.5. The minimum Gasteiger partial charge on any atom is -0.491 e. The van der Waals surface area contributed by atoms with Crippen LogP contribution in [0.15, 0.2) is 48.0 Å². The van der Waals surface area contributed by atoms with Gasteiger partial charge in [-0.3, -0.25) is 4.79 Å². The maximum atomic E-state index is 12.3. The highest BCUT2D eigenvalue weighted by Crippen LogP contribution is 2.36. The van der Waals surface area contributed by atoms with Crippen molar-refractivity contribution in [2.75, 3.05) is 13.7 Å². The van der Waals surface area contributed by atoms with Gasteiger partial charge in [0.25, 0.3) is 5.91 Å². The normalized spacial score (nSPS) is 10.8. The van der Waals surface area contributed by atoms with E-state index in [0.29, 0.717) is 35.2 Å². The molecule has 0 heterocycles. The van der Waals surface area contributed by atoms with Crippen LogP contribution in [-0.4, -0.2) is 19.6 Å². The van der Waals surface area contributed by atoms with Crippen molar-refractivity contribution in [3.8, 4) is 17.6 Å². The summed E-state index contributed by atoms with van der Waals surface area (Å²) >= 11 is 6.20. The average Bonchev–Trinajstić information content (AvgIpc) is 2.65. The zero-order chi connectivity index (χ0) is 18.9. The summed E-state index contributed by atoms with van der Waals surface area (Å²) in [5, 5.41) is 12.4. The molecule has 0 bridgehead atoms. The molecule has 0 aliphatic rings. The second-order valence-electron chi connectivity index (χ2n) is 5.31. The fourth-order valence-electron chi connectivity index (χ4n) is 2.32. The summed E-state index contributed by atoms with van der Waals surface area (Å²) in [7, 11) is 1.50. The molecule has 2 aromatic carbocycles. The molecule has 134 valence electrons. The van der Waals surface area contributed by atoms with E-state index in [1.54, 1.807) is 12.1 Å². The molecule has 6 heteroatoms. The van der Waals surface area contributed by atoms with Gasteiger partial charge in [0, 0.05) is 6.54 Å². The first kappa shape index (κ1) is 19.4. The molecular weight excluding hydrogens is 352 g/mol. The van der Waals surface area contributed by atoms with Crippen molar-refractivity contribution in [3.63, 3.8) is 0 Å². The number of nitriles is 1. The van der Waals surface area contributed by atoms with Gasteiger partial charge in [0.1, 0.15) is 11.6 Å². The Kier molecular flexibility index (Phi) is 7.07. The second kappa shape index (κ2) is 9.50. The van der Waals surface area contributed by atoms with E-state index in [1.165, 1.54) is 13.2 Å². The number of rotatable bonds is 7. The van der Waals surface area contributed by atoms with Crippen LogP contribution in [0.2, 0.25) is 5.02 Å². The summed E-state index contributed by atoms with van der Waals surface area (Å²) in [6.45, 7) is 2.61. The maximum absolute atomic E-state index is 12.3. The SMILES string of the molecule is CCOc1cc(/C=C(\C#N)C(=O)NCc2ccccc2)cc(Cl)c1OC. The third-order valence-electron chi connectivity index (χ3n) is 3.51. The third-order valence-corrected chi connectivity index (χ3v) is 3.79. The molecule has 0 spiro atoms. The van der Waals surface area contributed by atoms with Crippen molar-refractivity contribution in [1.29, 1.82) is 5.26 Å². The molecule has 2 rings (SSSR count). The smallest absolute Gasteiger partial charge is 0.262 e. The number of amides is 1. The van der Waals surface area contributed by atoms with Crippen LogP contribution < -0.4 is 14.8 Å². The molecule has 0 fully saturated rings. The number of nitrogens with one attached hydrogen (secondary N) is 1. The highest BCUT2D eigenvalue weighted by Gasteiger charge is 2.13. The van der Waals surface area contributed by atoms with E-state index in [-0.39, 0.29) is 5.57 Å². The predicted octanol–water partition coefficient (Wildman–Crippen LogP) is 3.97. The molecule has 0 atom stereocenters. The molecule has 0 radical (unpaired) electrons. The standard InChI is InChI=1S/C20H19ClN2O3/c1-3-26-18-11-15(10-17(21)19(18)25-2)9-16(12-22)20(24)23-13-14-7-5-4-6-8-14/h4-11H,3,13H2,1-2H3,(H,23,24)/b16-9+. The van der Waals surface area contributed by atoms with Crippen LogP contribution in [0, 0.1) is 11.3 Å². The third kappa shape index (κ3) is 5.01. The van der Waals surface area contributed by atoms with Gasteiger partial charge < -0.3 is 14.8 Å². The van der Waals surface area contributed by atoms with Crippen LogP contribution in [0.3, 0.4) is 0 Å². The van der Waals surface area contributed by atoms with Gasteiger partial charge in [0.05, 0.1) is 18.7 Å². The van der Waals surface area contributed by atoms with Gasteiger partial charge in [-0.15, -0.1) is 0 Å². The molecule has 26 heavy (non-hydrogen) atoms. The summed E-state index contributed by atoms with van der Waals surface area (Å²) in [5.74, 6) is 0.412. The van der Waals surface area contributed by atoms with Gasteiger partial charge in [-0.05, 0) is 36.3 Å². The number of methoxy groups -OCH3 is 1. The van der Waals surface area contributed by atoms with Crippen LogP contribution in [0.1, 0.15) is 18.1 Å². The van der Waals surface area contributed by atoms with E-state index >= 15 is 0 Å². The molecule has 0 aliphatic carbocycles. The minimum absolute atomic E-state index is 0.0235. The molecular formula is C20H19ClN2O3. The topological polar surface area (TPSA) is 71.3 Å². The molecule has 1 N–H and O–H groups in total. The fourth-order valence-corrected chi connectivity index (χ4v) is 2.62. The first-order chi connectivity index (χ1) is 12.6. The molecule has 2 aromatic rings. The first-order valence-electron chi connectivity index (χ1n) is 8.03. The summed E-state index contributed by atoms with van der Waals surface area (Å²) in [5.41, 5.74) is 1.50. The van der Waals surface area contributed by atoms with Gasteiger partial charge in [-0.1, -0.05) is 41.9 Å². The van der Waals surface area contributed by atoms with E-state index < -0.39 is 5.91 Å². The lowest BCUT2D eigenvalue weighted by molar-refractivity contribution is -0.117. The lowest BCUT2D eigenvalue weighted by Crippen LogP contribution is -2.23. The van der Waals surface area contributed by atoms with Crippen molar-refractivity contribution in [3.05, 3.63) is 64.2 Å². The van der Waals surface area contributed by atoms with Crippen molar-refractivity contribution in [1.82, 2.24) is 5.32 Å². The Labute approximate surface area is 157 Å². The van der Waals surface area contributed by atoms with Gasteiger partial charge in [-0.25, -0.2) is 0 Å². The number of ether oxygens (including phenoxy) is 2. The highest BCUT2D eigenvalue weighted by molar-refractivity contribution is 6.32. The number of hydrogen-bond donors (Lipinski definition) is 1. The van der Waals surface area contributed by atoms with Crippen LogP contribution >= 0.6 is 11.6 Å². The Morgan fingerprint density at radius 1 is 1.31 bits per heavy atom. The lowest BCUT2D eigenvalue weighted by atomic mass is 10.1. The van der Waals surface area contributed by atoms with E-state index in [1.807, 2.05) is 43.3 Å². The van der Waals surface area contributed by atoms with Crippen molar-refractivity contribution < 1.29 is 14.3 Å². The first-order valence-corrected chi connectivity index (χ1v) is 8.41. The van der Waals surface area contributed by atoms with Crippen molar-refractivity contribution in [2.24, 2.45) is 0 Å². The fraction of sp³-hybridized carbons (Fsp3) is 0.200. The number of carbonyl (C=O) groups excluding carboxylic acids is 1. The molecule has 1 amide bonds. The minimum atomic E-state index is -0.457. The largest absolute Gasteiger partial charge is 0.491 e. The Morgan fingerprint density at radius 2 is 2.04 bits per heavy atom. The molecule has 0 saturated heterocycles. The van der Waals surface area contributed by atoms with E-state index in [2.05, 4.69) is 5.32 Å². The van der Waals surface area contributed by atoms with Crippen LogP contribution in [0.4, 0.5) is 0 Å². The van der Waals surface area contributed by atoms with Crippen LogP contribution in [-0.2, 0) is 11.3 Å². The Hall–Kier alpha value is -2.97. The molecule has 0 unspecified atom stereocenters. The Bertz CT molecular complexity index is 842. The van der Waals surface area contributed by atoms with Crippen molar-refractivity contribution >= 4 is 23.6 Å². The second-order valence-corrected chi connectivity index (χ2v) is 5.71. The predicted molar refractivity (Wildman–Crippen MR) is 101 cm³/mol. The van der Waals surface area contributed by atoms with Gasteiger partial charge in [-0.2, -0.15) is 5.26 Å². The van der Waals surface area contributed by atoms with Gasteiger partial charge >= 0.3 is 0 Å². The van der Waals surface area contributed by atoms with Gasteiger partial charge in [0.2, 0.25) is 0 Å². The zero-order valence-electron chi connectivity index (χ0n) is 14.6. The summed E-state index contributed by atoms with van der Waals surface area (Å²) in [6, 6.07) is 14.7. The quantitative estimate of drug-likeness (QED) is 0.591. The molecule has 0 aromatic heterocycles. The number of carbonyl (C=O) groups is 1. The number of benzene rings is 2. The van der Waals surface area contributed by atoms with E-state index in [4.69, 9.17) is 21.1 Å². The number of halogens is 1. The molecule has 5 nitrogen and oxygen atoms in total. The van der Waals surface area contributed by atoms with Crippen LogP contribution in [0.25, 0.3) is 6.08 Å². The summed E-state index contributed by atoms with van der Waals surface area (Å²) in [4.78, 5) is 12.3. The monoisotopic (exact) mass is 370 g/mol. The van der Waals surface area contributed by atoms with E-state index in [9.17, 15) is 10.1 Å². The maximum Gasteiger partial charge on any atom is 0.262 e. The summed E-state index contributed by atoms with van der Waals surface area (Å²) < 4.78 is 10.7. The van der Waals surface area contributed by atoms with Crippen molar-refractivity contribution in [2.45, 2.75) is 13.5 Å². The number of nitrogens with zero attached hydrogens (tertiary/aromatic N) is 1. The molecule has 0 saturated carbocycles. The average molecular weight is 371 g/mol. The molecule has 0 aliphatic heterocycles. The Balaban J connectivity index is 2.22. The lowest BCUT2D eigenvalue weighted by Gasteiger charge is -2.12.